The highest BCUT2D eigenvalue weighted by molar-refractivity contribution is 7.99. The Balaban J connectivity index is 2.02. The first kappa shape index (κ1) is 17.7. The van der Waals surface area contributed by atoms with Crippen molar-refractivity contribution < 1.29 is 14.3 Å². The van der Waals surface area contributed by atoms with Gasteiger partial charge in [-0.1, -0.05) is 0 Å². The van der Waals surface area contributed by atoms with Gasteiger partial charge in [-0.25, -0.2) is 9.78 Å². The third-order valence-corrected chi connectivity index (χ3v) is 4.48. The SMILES string of the molecule is CN(Cc1nccn1C)C(=O)[C@@H]1CSCN1C(=O)OC(C)(C)C. The predicted octanol–water partition coefficient (Wildman–Crippen LogP) is 1.69. The monoisotopic (exact) mass is 340 g/mol. The summed E-state index contributed by atoms with van der Waals surface area (Å²) in [5.74, 6) is 1.77. The molecule has 0 N–H and O–H groups in total. The van der Waals surface area contributed by atoms with Crippen LogP contribution in [0.25, 0.3) is 0 Å². The van der Waals surface area contributed by atoms with E-state index in [1.54, 1.807) is 29.9 Å². The second-order valence-corrected chi connectivity index (χ2v) is 7.61. The molecule has 0 aliphatic carbocycles. The van der Waals surface area contributed by atoms with Crippen LogP contribution in [0.5, 0.6) is 0 Å². The topological polar surface area (TPSA) is 67.7 Å². The Morgan fingerprint density at radius 2 is 2.17 bits per heavy atom. The van der Waals surface area contributed by atoms with Gasteiger partial charge < -0.3 is 14.2 Å². The lowest BCUT2D eigenvalue weighted by Gasteiger charge is -2.29. The third-order valence-electron chi connectivity index (χ3n) is 3.47. The fourth-order valence-electron chi connectivity index (χ4n) is 2.24. The van der Waals surface area contributed by atoms with Crippen LogP contribution in [0, 0.1) is 0 Å². The van der Waals surface area contributed by atoms with E-state index >= 15 is 0 Å². The van der Waals surface area contributed by atoms with E-state index in [0.717, 1.165) is 5.82 Å². The molecule has 1 aromatic heterocycles. The number of imidazole rings is 1. The highest BCUT2D eigenvalue weighted by atomic mass is 32.2. The molecular formula is C15H24N4O3S. The lowest BCUT2D eigenvalue weighted by atomic mass is 10.2. The van der Waals surface area contributed by atoms with Gasteiger partial charge in [0.25, 0.3) is 0 Å². The van der Waals surface area contributed by atoms with E-state index < -0.39 is 17.7 Å². The molecule has 8 heteroatoms. The van der Waals surface area contributed by atoms with E-state index in [1.807, 2.05) is 38.6 Å². The summed E-state index contributed by atoms with van der Waals surface area (Å²) >= 11 is 1.56. The molecule has 1 aliphatic rings. The number of carbonyl (C=O) groups is 2. The Kier molecular flexibility index (Phi) is 5.23. The standard InChI is InChI=1S/C15H24N4O3S/c1-15(2,3)22-14(21)19-10-23-9-11(19)13(20)18(5)8-12-16-6-7-17(12)4/h6-7,11H,8-10H2,1-5H3/t11-/m0/s1. The summed E-state index contributed by atoms with van der Waals surface area (Å²) in [4.78, 5) is 32.3. The Morgan fingerprint density at radius 3 is 2.74 bits per heavy atom. The van der Waals surface area contributed by atoms with Crippen LogP contribution >= 0.6 is 11.8 Å². The summed E-state index contributed by atoms with van der Waals surface area (Å²) < 4.78 is 7.27. The van der Waals surface area contributed by atoms with Crippen molar-refractivity contribution in [1.82, 2.24) is 19.4 Å². The summed E-state index contributed by atoms with van der Waals surface area (Å²) in [5, 5.41) is 0. The van der Waals surface area contributed by atoms with Crippen molar-refractivity contribution in [2.45, 2.75) is 39.0 Å². The van der Waals surface area contributed by atoms with E-state index in [-0.39, 0.29) is 5.91 Å². The van der Waals surface area contributed by atoms with Gasteiger partial charge in [0.15, 0.2) is 0 Å². The number of amides is 2. The normalized spacial score (nSPS) is 18.1. The molecule has 1 fully saturated rings. The minimum absolute atomic E-state index is 0.0936. The fourth-order valence-corrected chi connectivity index (χ4v) is 3.37. The van der Waals surface area contributed by atoms with Crippen LogP contribution in [-0.4, -0.2) is 61.7 Å². The molecule has 1 saturated heterocycles. The molecule has 0 saturated carbocycles. The molecular weight excluding hydrogens is 316 g/mol. The van der Waals surface area contributed by atoms with Crippen LogP contribution in [0.15, 0.2) is 12.4 Å². The van der Waals surface area contributed by atoms with Crippen LogP contribution in [0.3, 0.4) is 0 Å². The summed E-state index contributed by atoms with van der Waals surface area (Å²) in [6.07, 6.45) is 3.10. The second-order valence-electron chi connectivity index (χ2n) is 6.61. The van der Waals surface area contributed by atoms with Crippen molar-refractivity contribution >= 4 is 23.8 Å². The van der Waals surface area contributed by atoms with Crippen molar-refractivity contribution in [3.8, 4) is 0 Å². The number of hydrogen-bond donors (Lipinski definition) is 0. The molecule has 0 bridgehead atoms. The molecule has 0 aromatic carbocycles. The van der Waals surface area contributed by atoms with Gasteiger partial charge in [0.2, 0.25) is 5.91 Å². The maximum atomic E-state index is 12.7. The third kappa shape index (κ3) is 4.40. The maximum absolute atomic E-state index is 12.7. The fraction of sp³-hybridized carbons (Fsp3) is 0.667. The van der Waals surface area contributed by atoms with Gasteiger partial charge in [-0.15, -0.1) is 11.8 Å². The van der Waals surface area contributed by atoms with E-state index in [2.05, 4.69) is 4.98 Å². The van der Waals surface area contributed by atoms with Gasteiger partial charge in [-0.3, -0.25) is 9.69 Å². The number of aryl methyl sites for hydroxylation is 1. The van der Waals surface area contributed by atoms with Crippen molar-refractivity contribution in [1.29, 1.82) is 0 Å². The van der Waals surface area contributed by atoms with Crippen LogP contribution in [0.1, 0.15) is 26.6 Å². The van der Waals surface area contributed by atoms with Crippen molar-refractivity contribution in [2.24, 2.45) is 7.05 Å². The number of nitrogens with zero attached hydrogens (tertiary/aromatic N) is 4. The number of thioether (sulfide) groups is 1. The number of aromatic nitrogens is 2. The molecule has 2 amide bonds. The zero-order valence-corrected chi connectivity index (χ0v) is 15.1. The summed E-state index contributed by atoms with van der Waals surface area (Å²) in [6.45, 7) is 5.86. The highest BCUT2D eigenvalue weighted by Crippen LogP contribution is 2.25. The number of carbonyl (C=O) groups excluding carboxylic acids is 2. The molecule has 128 valence electrons. The largest absolute Gasteiger partial charge is 0.444 e. The van der Waals surface area contributed by atoms with E-state index in [4.69, 9.17) is 4.74 Å². The number of likely N-dealkylation sites (N-methyl/N-ethyl adjacent to an activating group) is 1. The van der Waals surface area contributed by atoms with Gasteiger partial charge in [0, 0.05) is 32.2 Å². The van der Waals surface area contributed by atoms with Gasteiger partial charge >= 0.3 is 6.09 Å². The smallest absolute Gasteiger partial charge is 0.411 e. The Morgan fingerprint density at radius 1 is 1.48 bits per heavy atom. The molecule has 0 radical (unpaired) electrons. The lowest BCUT2D eigenvalue weighted by Crippen LogP contribution is -2.49. The molecule has 2 rings (SSSR count). The average molecular weight is 340 g/mol. The molecule has 1 aromatic rings. The molecule has 2 heterocycles. The molecule has 7 nitrogen and oxygen atoms in total. The number of ether oxygens (including phenoxy) is 1. The molecule has 23 heavy (non-hydrogen) atoms. The van der Waals surface area contributed by atoms with Crippen LogP contribution in [-0.2, 0) is 23.1 Å². The summed E-state index contributed by atoms with van der Waals surface area (Å²) in [5.41, 5.74) is -0.573. The van der Waals surface area contributed by atoms with Gasteiger partial charge in [0.05, 0.1) is 12.4 Å². The van der Waals surface area contributed by atoms with E-state index in [1.165, 1.54) is 4.90 Å². The minimum Gasteiger partial charge on any atom is -0.444 e. The minimum atomic E-state index is -0.573. The molecule has 1 atom stereocenters. The summed E-state index contributed by atoms with van der Waals surface area (Å²) in [7, 11) is 3.62. The van der Waals surface area contributed by atoms with Crippen LogP contribution in [0.2, 0.25) is 0 Å². The molecule has 0 spiro atoms. The zero-order valence-electron chi connectivity index (χ0n) is 14.3. The van der Waals surface area contributed by atoms with Gasteiger partial charge in [0.1, 0.15) is 17.5 Å². The van der Waals surface area contributed by atoms with Crippen molar-refractivity contribution in [2.75, 3.05) is 18.7 Å². The quantitative estimate of drug-likeness (QED) is 0.837. The predicted molar refractivity (Wildman–Crippen MR) is 88.9 cm³/mol. The maximum Gasteiger partial charge on any atom is 0.411 e. The van der Waals surface area contributed by atoms with Gasteiger partial charge in [-0.2, -0.15) is 0 Å². The Hall–Kier alpha value is -1.70. The molecule has 1 aliphatic heterocycles. The second kappa shape index (κ2) is 6.82. The summed E-state index contributed by atoms with van der Waals surface area (Å²) in [6, 6.07) is -0.486. The first-order valence-electron chi connectivity index (χ1n) is 7.47. The average Bonchev–Trinajstić information content (AvgIpc) is 3.05. The Labute approximate surface area is 141 Å². The van der Waals surface area contributed by atoms with Gasteiger partial charge in [-0.05, 0) is 20.8 Å². The van der Waals surface area contributed by atoms with Crippen molar-refractivity contribution in [3.63, 3.8) is 0 Å². The number of rotatable bonds is 3. The first-order chi connectivity index (χ1) is 10.7. The van der Waals surface area contributed by atoms with Crippen LogP contribution < -0.4 is 0 Å². The number of hydrogen-bond acceptors (Lipinski definition) is 5. The van der Waals surface area contributed by atoms with E-state index in [9.17, 15) is 9.59 Å². The van der Waals surface area contributed by atoms with Crippen LogP contribution in [0.4, 0.5) is 4.79 Å². The first-order valence-corrected chi connectivity index (χ1v) is 8.63. The Bertz CT molecular complexity index is 582. The van der Waals surface area contributed by atoms with E-state index in [0.29, 0.717) is 18.2 Å². The molecule has 0 unspecified atom stereocenters. The van der Waals surface area contributed by atoms with Crippen molar-refractivity contribution in [3.05, 3.63) is 18.2 Å². The highest BCUT2D eigenvalue weighted by Gasteiger charge is 2.38. The zero-order chi connectivity index (χ0) is 17.2. The lowest BCUT2D eigenvalue weighted by molar-refractivity contribution is -0.134.